The first-order valence-corrected chi connectivity index (χ1v) is 8.94. The topological polar surface area (TPSA) is 79.6 Å². The second-order valence-corrected chi connectivity index (χ2v) is 6.78. The molecular formula is C19H13ClN2O4S. The number of carbonyl (C=O) groups is 2. The first kappa shape index (κ1) is 18.8. The summed E-state index contributed by atoms with van der Waals surface area (Å²) >= 11 is 6.80. The summed E-state index contributed by atoms with van der Waals surface area (Å²) in [5, 5.41) is 8.66. The Morgan fingerprint density at radius 1 is 1.22 bits per heavy atom. The molecule has 2 aromatic carbocycles. The van der Waals surface area contributed by atoms with E-state index < -0.39 is 11.1 Å². The number of thioether (sulfide) groups is 1. The van der Waals surface area contributed by atoms with Gasteiger partial charge in [0.2, 0.25) is 0 Å². The van der Waals surface area contributed by atoms with Gasteiger partial charge in [0.15, 0.2) is 18.1 Å². The van der Waals surface area contributed by atoms with Crippen LogP contribution in [0.4, 0.5) is 10.5 Å². The fraction of sp³-hybridized carbons (Fsp3) is 0.105. The van der Waals surface area contributed by atoms with Gasteiger partial charge in [-0.05, 0) is 53.7 Å². The van der Waals surface area contributed by atoms with Crippen LogP contribution in [-0.4, -0.2) is 24.9 Å². The first-order valence-electron chi connectivity index (χ1n) is 7.75. The lowest BCUT2D eigenvalue weighted by molar-refractivity contribution is -0.113. The minimum atomic E-state index is -0.420. The molecule has 27 heavy (non-hydrogen) atoms. The second kappa shape index (κ2) is 8.16. The van der Waals surface area contributed by atoms with Gasteiger partial charge >= 0.3 is 0 Å². The van der Waals surface area contributed by atoms with Crippen molar-refractivity contribution in [3.05, 3.63) is 58.0 Å². The van der Waals surface area contributed by atoms with Crippen LogP contribution in [0.25, 0.3) is 6.08 Å². The van der Waals surface area contributed by atoms with Crippen molar-refractivity contribution in [2.45, 2.75) is 0 Å². The predicted octanol–water partition coefficient (Wildman–Crippen LogP) is 4.49. The molecule has 0 saturated carbocycles. The lowest BCUT2D eigenvalue weighted by Crippen LogP contribution is -2.27. The van der Waals surface area contributed by atoms with E-state index in [9.17, 15) is 9.59 Å². The van der Waals surface area contributed by atoms with Crippen LogP contribution in [0.5, 0.6) is 11.5 Å². The molecule has 0 atom stereocenters. The fourth-order valence-corrected chi connectivity index (χ4v) is 3.49. The van der Waals surface area contributed by atoms with Crippen LogP contribution in [0.15, 0.2) is 47.4 Å². The lowest BCUT2D eigenvalue weighted by atomic mass is 10.2. The van der Waals surface area contributed by atoms with Crippen molar-refractivity contribution in [2.75, 3.05) is 18.6 Å². The average Bonchev–Trinajstić information content (AvgIpc) is 2.93. The van der Waals surface area contributed by atoms with Crippen molar-refractivity contribution in [3.63, 3.8) is 0 Å². The van der Waals surface area contributed by atoms with Crippen molar-refractivity contribution < 1.29 is 19.1 Å². The Labute approximate surface area is 164 Å². The summed E-state index contributed by atoms with van der Waals surface area (Å²) in [4.78, 5) is 26.3. The average molecular weight is 401 g/mol. The summed E-state index contributed by atoms with van der Waals surface area (Å²) < 4.78 is 10.5. The summed E-state index contributed by atoms with van der Waals surface area (Å²) in [5.74, 6) is 0.423. The van der Waals surface area contributed by atoms with E-state index in [2.05, 4.69) is 0 Å². The smallest absolute Gasteiger partial charge is 0.298 e. The van der Waals surface area contributed by atoms with Gasteiger partial charge in [0.25, 0.3) is 11.1 Å². The molecule has 1 aliphatic rings. The maximum absolute atomic E-state index is 12.7. The molecule has 6 nitrogen and oxygen atoms in total. The van der Waals surface area contributed by atoms with Gasteiger partial charge in [0.1, 0.15) is 6.07 Å². The molecule has 2 amide bonds. The summed E-state index contributed by atoms with van der Waals surface area (Å²) in [6, 6.07) is 13.5. The van der Waals surface area contributed by atoms with Crippen molar-refractivity contribution in [1.82, 2.24) is 0 Å². The number of benzene rings is 2. The van der Waals surface area contributed by atoms with Gasteiger partial charge in [-0.2, -0.15) is 5.26 Å². The molecule has 1 saturated heterocycles. The van der Waals surface area contributed by atoms with Crippen LogP contribution in [0.3, 0.4) is 0 Å². The maximum atomic E-state index is 12.7. The summed E-state index contributed by atoms with van der Waals surface area (Å²) in [6.45, 7) is -0.103. The molecule has 136 valence electrons. The third-order valence-corrected chi connectivity index (χ3v) is 4.74. The Morgan fingerprint density at radius 3 is 2.74 bits per heavy atom. The molecule has 1 heterocycles. The van der Waals surface area contributed by atoms with E-state index in [0.717, 1.165) is 16.7 Å². The van der Waals surface area contributed by atoms with Gasteiger partial charge in [-0.25, -0.2) is 4.90 Å². The van der Waals surface area contributed by atoms with Crippen molar-refractivity contribution in [3.8, 4) is 17.6 Å². The number of hydrogen-bond acceptors (Lipinski definition) is 6. The molecule has 2 aromatic rings. The third kappa shape index (κ3) is 4.08. The molecule has 0 unspecified atom stereocenters. The number of halogens is 1. The van der Waals surface area contributed by atoms with Gasteiger partial charge in [0.05, 0.1) is 17.7 Å². The summed E-state index contributed by atoms with van der Waals surface area (Å²) in [5.41, 5.74) is 1.08. The molecule has 1 aliphatic heterocycles. The molecule has 8 heteroatoms. The molecule has 0 spiro atoms. The Bertz CT molecular complexity index is 984. The quantitative estimate of drug-likeness (QED) is 0.688. The zero-order valence-electron chi connectivity index (χ0n) is 14.1. The van der Waals surface area contributed by atoms with E-state index >= 15 is 0 Å². The zero-order valence-corrected chi connectivity index (χ0v) is 15.7. The number of amides is 2. The van der Waals surface area contributed by atoms with Gasteiger partial charge in [-0.15, -0.1) is 0 Å². The summed E-state index contributed by atoms with van der Waals surface area (Å²) in [6.07, 6.45) is 1.60. The van der Waals surface area contributed by atoms with Crippen LogP contribution < -0.4 is 14.4 Å². The largest absolute Gasteiger partial charge is 0.493 e. The standard InChI is InChI=1S/C19H13ClN2O4S/c1-25-16-9-12(5-6-15(16)26-8-7-21)10-17-18(23)22(19(24)27-17)14-4-2-3-13(20)11-14/h2-6,9-11H,8H2,1H3/b17-10-. The number of nitriles is 1. The van der Waals surface area contributed by atoms with Crippen LogP contribution in [0, 0.1) is 11.3 Å². The molecule has 0 N–H and O–H groups in total. The third-order valence-electron chi connectivity index (χ3n) is 3.64. The van der Waals surface area contributed by atoms with Gasteiger partial charge in [0, 0.05) is 5.02 Å². The van der Waals surface area contributed by atoms with E-state index in [0.29, 0.717) is 27.8 Å². The highest BCUT2D eigenvalue weighted by atomic mass is 35.5. The zero-order chi connectivity index (χ0) is 19.4. The number of hydrogen-bond donors (Lipinski definition) is 0. The first-order chi connectivity index (χ1) is 13.0. The number of rotatable bonds is 5. The van der Waals surface area contributed by atoms with Gasteiger partial charge in [-0.3, -0.25) is 9.59 Å². The highest BCUT2D eigenvalue weighted by Crippen LogP contribution is 2.37. The minimum absolute atomic E-state index is 0.103. The Morgan fingerprint density at radius 2 is 2.04 bits per heavy atom. The number of methoxy groups -OCH3 is 1. The van der Waals surface area contributed by atoms with Gasteiger partial charge in [-0.1, -0.05) is 23.7 Å². The van der Waals surface area contributed by atoms with Gasteiger partial charge < -0.3 is 9.47 Å². The molecule has 3 rings (SSSR count). The van der Waals surface area contributed by atoms with Crippen molar-refractivity contribution in [1.29, 1.82) is 5.26 Å². The van der Waals surface area contributed by atoms with Crippen LogP contribution >= 0.6 is 23.4 Å². The highest BCUT2D eigenvalue weighted by molar-refractivity contribution is 8.19. The van der Waals surface area contributed by atoms with E-state index in [1.54, 1.807) is 48.5 Å². The van der Waals surface area contributed by atoms with Crippen molar-refractivity contribution >= 4 is 46.3 Å². The summed E-state index contributed by atoms with van der Waals surface area (Å²) in [7, 11) is 1.48. The molecule has 0 aromatic heterocycles. The monoisotopic (exact) mass is 400 g/mol. The lowest BCUT2D eigenvalue weighted by Gasteiger charge is -2.12. The van der Waals surface area contributed by atoms with E-state index in [1.807, 2.05) is 6.07 Å². The predicted molar refractivity (Wildman–Crippen MR) is 104 cm³/mol. The van der Waals surface area contributed by atoms with Crippen LogP contribution in [-0.2, 0) is 4.79 Å². The fourth-order valence-electron chi connectivity index (χ4n) is 2.46. The van der Waals surface area contributed by atoms with E-state index in [1.165, 1.54) is 7.11 Å². The van der Waals surface area contributed by atoms with Crippen LogP contribution in [0.2, 0.25) is 5.02 Å². The molecule has 0 aliphatic carbocycles. The number of nitrogens with zero attached hydrogens (tertiary/aromatic N) is 2. The number of ether oxygens (including phenoxy) is 2. The van der Waals surface area contributed by atoms with E-state index in [4.69, 9.17) is 26.3 Å². The Kier molecular flexibility index (Phi) is 5.69. The Balaban J connectivity index is 1.88. The normalized spacial score (nSPS) is 15.1. The molecule has 0 radical (unpaired) electrons. The molecule has 0 bridgehead atoms. The second-order valence-electron chi connectivity index (χ2n) is 5.35. The maximum Gasteiger partial charge on any atom is 0.298 e. The minimum Gasteiger partial charge on any atom is -0.493 e. The number of imide groups is 1. The SMILES string of the molecule is COc1cc(/C=C2\SC(=O)N(c3cccc(Cl)c3)C2=O)ccc1OCC#N. The number of carbonyl (C=O) groups excluding carboxylic acids is 2. The van der Waals surface area contributed by atoms with Crippen molar-refractivity contribution in [2.24, 2.45) is 0 Å². The number of anilines is 1. The molecular weight excluding hydrogens is 388 g/mol. The Hall–Kier alpha value is -2.95. The molecule has 1 fully saturated rings. The van der Waals surface area contributed by atoms with Crippen LogP contribution in [0.1, 0.15) is 5.56 Å². The van der Waals surface area contributed by atoms with E-state index in [-0.39, 0.29) is 11.5 Å². The highest BCUT2D eigenvalue weighted by Gasteiger charge is 2.36.